The molecule has 0 spiro atoms. The summed E-state index contributed by atoms with van der Waals surface area (Å²) >= 11 is 0. The average molecular weight is 153 g/mol. The molecule has 64 valence electrons. The molecule has 2 aliphatic rings. The second-order valence-corrected chi connectivity index (χ2v) is 4.40. The maximum absolute atomic E-state index is 5.78. The summed E-state index contributed by atoms with van der Waals surface area (Å²) in [5.74, 6) is 1.96. The lowest BCUT2D eigenvalue weighted by molar-refractivity contribution is 0.323. The van der Waals surface area contributed by atoms with Gasteiger partial charge >= 0.3 is 0 Å². The van der Waals surface area contributed by atoms with E-state index in [0.29, 0.717) is 6.04 Å². The minimum Gasteiger partial charge on any atom is -0.327 e. The minimum absolute atomic E-state index is 0.580. The Morgan fingerprint density at radius 2 is 1.73 bits per heavy atom. The van der Waals surface area contributed by atoms with Crippen molar-refractivity contribution in [3.05, 3.63) is 0 Å². The fraction of sp³-hybridized carbons (Fsp3) is 1.00. The van der Waals surface area contributed by atoms with Crippen LogP contribution >= 0.6 is 0 Å². The zero-order valence-corrected chi connectivity index (χ0v) is 7.26. The van der Waals surface area contributed by atoms with Gasteiger partial charge in [0.2, 0.25) is 0 Å². The van der Waals surface area contributed by atoms with Gasteiger partial charge in [0.05, 0.1) is 0 Å². The first-order chi connectivity index (χ1) is 5.36. The summed E-state index contributed by atoms with van der Waals surface area (Å²) in [6.45, 7) is 0. The van der Waals surface area contributed by atoms with Crippen LogP contribution in [0.2, 0.25) is 0 Å². The molecule has 2 N–H and O–H groups in total. The van der Waals surface area contributed by atoms with Crippen molar-refractivity contribution < 1.29 is 0 Å². The molecule has 0 aromatic heterocycles. The van der Waals surface area contributed by atoms with Gasteiger partial charge in [-0.15, -0.1) is 0 Å². The van der Waals surface area contributed by atoms with Crippen LogP contribution in [0, 0.1) is 11.8 Å². The predicted molar refractivity (Wildman–Crippen MR) is 47.3 cm³/mol. The van der Waals surface area contributed by atoms with E-state index in [-0.39, 0.29) is 0 Å². The molecule has 0 saturated heterocycles. The van der Waals surface area contributed by atoms with Crippen molar-refractivity contribution in [2.24, 2.45) is 17.6 Å². The normalized spacial score (nSPS) is 39.0. The highest BCUT2D eigenvalue weighted by Gasteiger charge is 2.35. The highest BCUT2D eigenvalue weighted by atomic mass is 14.7. The Morgan fingerprint density at radius 3 is 2.27 bits per heavy atom. The van der Waals surface area contributed by atoms with E-state index in [9.17, 15) is 0 Å². The monoisotopic (exact) mass is 153 g/mol. The third-order valence-corrected chi connectivity index (χ3v) is 3.34. The lowest BCUT2D eigenvalue weighted by Gasteiger charge is -2.21. The maximum Gasteiger partial charge on any atom is 0.00710 e. The summed E-state index contributed by atoms with van der Waals surface area (Å²) in [5.41, 5.74) is 5.78. The topological polar surface area (TPSA) is 26.0 Å². The fourth-order valence-electron chi connectivity index (χ4n) is 2.39. The number of hydrogen-bond donors (Lipinski definition) is 1. The molecular formula is C10H19N. The van der Waals surface area contributed by atoms with E-state index in [4.69, 9.17) is 5.73 Å². The molecule has 0 aliphatic heterocycles. The zero-order valence-electron chi connectivity index (χ0n) is 7.26. The molecule has 0 amide bonds. The summed E-state index contributed by atoms with van der Waals surface area (Å²) in [5, 5.41) is 0. The van der Waals surface area contributed by atoms with Gasteiger partial charge in [-0.1, -0.05) is 32.1 Å². The van der Waals surface area contributed by atoms with Gasteiger partial charge in [0.15, 0.2) is 0 Å². The van der Waals surface area contributed by atoms with Crippen molar-refractivity contribution in [2.75, 3.05) is 0 Å². The molecule has 0 unspecified atom stereocenters. The van der Waals surface area contributed by atoms with Crippen LogP contribution in [0.15, 0.2) is 0 Å². The summed E-state index contributed by atoms with van der Waals surface area (Å²) in [7, 11) is 0. The Morgan fingerprint density at radius 1 is 1.09 bits per heavy atom. The summed E-state index contributed by atoms with van der Waals surface area (Å²) in [6, 6.07) is 0.580. The van der Waals surface area contributed by atoms with E-state index in [1.165, 1.54) is 44.9 Å². The van der Waals surface area contributed by atoms with Crippen LogP contribution in [0.4, 0.5) is 0 Å². The van der Waals surface area contributed by atoms with Crippen LogP contribution in [0.5, 0.6) is 0 Å². The van der Waals surface area contributed by atoms with Crippen LogP contribution in [-0.2, 0) is 0 Å². The van der Waals surface area contributed by atoms with Gasteiger partial charge in [0.25, 0.3) is 0 Å². The molecule has 0 heterocycles. The molecule has 2 atom stereocenters. The summed E-state index contributed by atoms with van der Waals surface area (Å²) in [6.07, 6.45) is 10.2. The molecule has 1 nitrogen and oxygen atoms in total. The molecule has 0 bridgehead atoms. The number of hydrogen-bond acceptors (Lipinski definition) is 1. The Kier molecular flexibility index (Phi) is 2.17. The molecule has 2 fully saturated rings. The van der Waals surface area contributed by atoms with E-state index in [0.717, 1.165) is 11.8 Å². The Bertz CT molecular complexity index is 127. The van der Waals surface area contributed by atoms with Gasteiger partial charge in [-0.3, -0.25) is 0 Å². The first-order valence-electron chi connectivity index (χ1n) is 5.12. The second-order valence-electron chi connectivity index (χ2n) is 4.40. The van der Waals surface area contributed by atoms with Crippen molar-refractivity contribution in [1.82, 2.24) is 0 Å². The first kappa shape index (κ1) is 7.60. The maximum atomic E-state index is 5.78. The first-order valence-corrected chi connectivity index (χ1v) is 5.12. The number of rotatable bonds is 2. The second kappa shape index (κ2) is 3.14. The van der Waals surface area contributed by atoms with Crippen molar-refractivity contribution in [3.8, 4) is 0 Å². The Labute approximate surface area is 69.4 Å². The molecule has 2 aliphatic carbocycles. The molecule has 11 heavy (non-hydrogen) atoms. The quantitative estimate of drug-likeness (QED) is 0.647. The molecule has 1 heteroatoms. The predicted octanol–water partition coefficient (Wildman–Crippen LogP) is 2.30. The third-order valence-electron chi connectivity index (χ3n) is 3.34. The summed E-state index contributed by atoms with van der Waals surface area (Å²) < 4.78 is 0. The lowest BCUT2D eigenvalue weighted by Crippen LogP contribution is -2.10. The van der Waals surface area contributed by atoms with Crippen LogP contribution < -0.4 is 5.73 Å². The fourth-order valence-corrected chi connectivity index (χ4v) is 2.39. The van der Waals surface area contributed by atoms with Crippen LogP contribution in [0.1, 0.15) is 44.9 Å². The van der Waals surface area contributed by atoms with E-state index in [1.807, 2.05) is 0 Å². The molecule has 0 aromatic carbocycles. The van der Waals surface area contributed by atoms with Crippen molar-refractivity contribution in [2.45, 2.75) is 51.0 Å². The van der Waals surface area contributed by atoms with Gasteiger partial charge in [0.1, 0.15) is 0 Å². The Hall–Kier alpha value is -0.0400. The van der Waals surface area contributed by atoms with E-state index in [1.54, 1.807) is 0 Å². The molecular weight excluding hydrogens is 134 g/mol. The SMILES string of the molecule is N[C@@H]1C[C@H]1CC1CCCCC1. The molecule has 0 aromatic rings. The largest absolute Gasteiger partial charge is 0.327 e. The van der Waals surface area contributed by atoms with Crippen molar-refractivity contribution >= 4 is 0 Å². The highest BCUT2D eigenvalue weighted by molar-refractivity contribution is 4.91. The third kappa shape index (κ3) is 1.96. The van der Waals surface area contributed by atoms with Gasteiger partial charge < -0.3 is 5.73 Å². The molecule has 2 rings (SSSR count). The standard InChI is InChI=1S/C10H19N/c11-10-7-9(10)6-8-4-2-1-3-5-8/h8-10H,1-7,11H2/t9-,10-/m1/s1. The average Bonchev–Trinajstić information content (AvgIpc) is 2.69. The van der Waals surface area contributed by atoms with Gasteiger partial charge in [-0.2, -0.15) is 0 Å². The van der Waals surface area contributed by atoms with Gasteiger partial charge in [-0.05, 0) is 24.7 Å². The summed E-state index contributed by atoms with van der Waals surface area (Å²) in [4.78, 5) is 0. The zero-order chi connectivity index (χ0) is 7.68. The van der Waals surface area contributed by atoms with E-state index in [2.05, 4.69) is 0 Å². The van der Waals surface area contributed by atoms with Crippen molar-refractivity contribution in [1.29, 1.82) is 0 Å². The molecule has 2 saturated carbocycles. The Balaban J connectivity index is 1.68. The van der Waals surface area contributed by atoms with Gasteiger partial charge in [-0.25, -0.2) is 0 Å². The molecule has 0 radical (unpaired) electrons. The highest BCUT2D eigenvalue weighted by Crippen LogP contribution is 2.38. The van der Waals surface area contributed by atoms with Crippen LogP contribution in [0.3, 0.4) is 0 Å². The van der Waals surface area contributed by atoms with Gasteiger partial charge in [0, 0.05) is 6.04 Å². The minimum atomic E-state index is 0.580. The lowest BCUT2D eigenvalue weighted by atomic mass is 9.85. The van der Waals surface area contributed by atoms with Crippen LogP contribution in [-0.4, -0.2) is 6.04 Å². The van der Waals surface area contributed by atoms with Crippen LogP contribution in [0.25, 0.3) is 0 Å². The number of nitrogens with two attached hydrogens (primary N) is 1. The van der Waals surface area contributed by atoms with E-state index < -0.39 is 0 Å². The van der Waals surface area contributed by atoms with Crippen molar-refractivity contribution in [3.63, 3.8) is 0 Å². The van der Waals surface area contributed by atoms with E-state index >= 15 is 0 Å². The smallest absolute Gasteiger partial charge is 0.00710 e.